The van der Waals surface area contributed by atoms with Crippen LogP contribution >= 0.6 is 0 Å². The Morgan fingerprint density at radius 1 is 1.18 bits per heavy atom. The van der Waals surface area contributed by atoms with Crippen LogP contribution in [0.1, 0.15) is 29.8 Å². The molecular weight excluding hydrogens is 214 g/mol. The first-order chi connectivity index (χ1) is 8.17. The van der Waals surface area contributed by atoms with Gasteiger partial charge in [-0.15, -0.1) is 0 Å². The minimum atomic E-state index is 0.565. The largest absolute Gasteiger partial charge is 0.376 e. The van der Waals surface area contributed by atoms with Crippen molar-refractivity contribution in [1.82, 2.24) is 10.1 Å². The molecule has 1 aromatic carbocycles. The van der Waals surface area contributed by atoms with E-state index in [-0.39, 0.29) is 0 Å². The van der Waals surface area contributed by atoms with Crippen molar-refractivity contribution in [2.75, 3.05) is 5.32 Å². The molecule has 90 valence electrons. The van der Waals surface area contributed by atoms with Crippen LogP contribution < -0.4 is 5.32 Å². The van der Waals surface area contributed by atoms with Gasteiger partial charge in [-0.1, -0.05) is 18.1 Å². The highest BCUT2D eigenvalue weighted by Gasteiger charge is 2.04. The topological polar surface area (TPSA) is 51.0 Å². The molecule has 0 bridgehead atoms. The lowest BCUT2D eigenvalue weighted by molar-refractivity contribution is 0.378. The minimum absolute atomic E-state index is 0.565. The second-order valence-corrected chi connectivity index (χ2v) is 4.19. The molecule has 17 heavy (non-hydrogen) atoms. The lowest BCUT2D eigenvalue weighted by Gasteiger charge is -2.06. The van der Waals surface area contributed by atoms with Crippen LogP contribution in [-0.2, 0) is 13.0 Å². The quantitative estimate of drug-likeness (QED) is 0.879. The molecule has 0 atom stereocenters. The van der Waals surface area contributed by atoms with Crippen LogP contribution in [0.2, 0.25) is 0 Å². The van der Waals surface area contributed by atoms with Crippen molar-refractivity contribution in [3.63, 3.8) is 0 Å². The molecule has 0 saturated carbocycles. The first-order valence-corrected chi connectivity index (χ1v) is 5.81. The molecule has 0 aliphatic heterocycles. The second kappa shape index (κ2) is 4.99. The standard InChI is InChI=1S/C13H17N3O/c1-4-12-15-13(17-16-12)8-14-11-6-9(2)5-10(3)7-11/h5-7,14H,4,8H2,1-3H3. The molecule has 0 aliphatic carbocycles. The predicted molar refractivity (Wildman–Crippen MR) is 66.9 cm³/mol. The maximum Gasteiger partial charge on any atom is 0.245 e. The van der Waals surface area contributed by atoms with Crippen LogP contribution in [-0.4, -0.2) is 10.1 Å². The number of anilines is 1. The lowest BCUT2D eigenvalue weighted by atomic mass is 10.1. The molecule has 1 N–H and O–H groups in total. The Balaban J connectivity index is 2.01. The molecule has 0 amide bonds. The molecule has 0 saturated heterocycles. The van der Waals surface area contributed by atoms with Gasteiger partial charge in [-0.2, -0.15) is 4.98 Å². The van der Waals surface area contributed by atoms with Crippen molar-refractivity contribution >= 4 is 5.69 Å². The number of nitrogens with zero attached hydrogens (tertiary/aromatic N) is 2. The van der Waals surface area contributed by atoms with Crippen molar-refractivity contribution < 1.29 is 4.52 Å². The third-order valence-corrected chi connectivity index (χ3v) is 2.49. The van der Waals surface area contributed by atoms with Crippen LogP contribution in [0.5, 0.6) is 0 Å². The molecule has 0 fully saturated rings. The van der Waals surface area contributed by atoms with Crippen LogP contribution in [0, 0.1) is 13.8 Å². The third-order valence-electron chi connectivity index (χ3n) is 2.49. The minimum Gasteiger partial charge on any atom is -0.376 e. The van der Waals surface area contributed by atoms with E-state index in [1.54, 1.807) is 0 Å². The molecule has 4 heteroatoms. The molecule has 1 aromatic heterocycles. The summed E-state index contributed by atoms with van der Waals surface area (Å²) in [7, 11) is 0. The number of aromatic nitrogens is 2. The average Bonchev–Trinajstić information content (AvgIpc) is 2.73. The third kappa shape index (κ3) is 3.06. The first-order valence-electron chi connectivity index (χ1n) is 5.81. The summed E-state index contributed by atoms with van der Waals surface area (Å²) in [5.74, 6) is 1.38. The number of nitrogens with one attached hydrogen (secondary N) is 1. The zero-order valence-electron chi connectivity index (χ0n) is 10.4. The van der Waals surface area contributed by atoms with E-state index >= 15 is 0 Å². The van der Waals surface area contributed by atoms with E-state index in [1.807, 2.05) is 6.92 Å². The Kier molecular flexibility index (Phi) is 3.42. The molecule has 0 radical (unpaired) electrons. The Morgan fingerprint density at radius 3 is 2.47 bits per heavy atom. The van der Waals surface area contributed by atoms with Gasteiger partial charge in [0, 0.05) is 12.1 Å². The van der Waals surface area contributed by atoms with Crippen LogP contribution in [0.4, 0.5) is 5.69 Å². The van der Waals surface area contributed by atoms with Gasteiger partial charge in [0.25, 0.3) is 0 Å². The average molecular weight is 231 g/mol. The molecule has 0 spiro atoms. The molecule has 0 unspecified atom stereocenters. The van der Waals surface area contributed by atoms with Crippen molar-refractivity contribution in [3.05, 3.63) is 41.0 Å². The van der Waals surface area contributed by atoms with E-state index in [4.69, 9.17) is 4.52 Å². The number of aryl methyl sites for hydroxylation is 3. The normalized spacial score (nSPS) is 10.5. The van der Waals surface area contributed by atoms with Gasteiger partial charge in [0.2, 0.25) is 5.89 Å². The van der Waals surface area contributed by atoms with Gasteiger partial charge in [0.1, 0.15) is 0 Å². The van der Waals surface area contributed by atoms with Gasteiger partial charge < -0.3 is 9.84 Å². The second-order valence-electron chi connectivity index (χ2n) is 4.19. The summed E-state index contributed by atoms with van der Waals surface area (Å²) < 4.78 is 5.11. The zero-order valence-corrected chi connectivity index (χ0v) is 10.4. The fourth-order valence-electron chi connectivity index (χ4n) is 1.76. The van der Waals surface area contributed by atoms with Crippen molar-refractivity contribution in [2.24, 2.45) is 0 Å². The summed E-state index contributed by atoms with van der Waals surface area (Å²) in [5, 5.41) is 7.14. The van der Waals surface area contributed by atoms with Gasteiger partial charge in [0.15, 0.2) is 5.82 Å². The van der Waals surface area contributed by atoms with Gasteiger partial charge in [-0.05, 0) is 37.1 Å². The van der Waals surface area contributed by atoms with Crippen molar-refractivity contribution in [1.29, 1.82) is 0 Å². The van der Waals surface area contributed by atoms with Gasteiger partial charge in [-0.3, -0.25) is 0 Å². The smallest absolute Gasteiger partial charge is 0.245 e. The van der Waals surface area contributed by atoms with Gasteiger partial charge >= 0.3 is 0 Å². The first kappa shape index (κ1) is 11.6. The van der Waals surface area contributed by atoms with Crippen LogP contribution in [0.15, 0.2) is 22.7 Å². The lowest BCUT2D eigenvalue weighted by Crippen LogP contribution is -2.00. The zero-order chi connectivity index (χ0) is 12.3. The molecular formula is C13H17N3O. The summed E-state index contributed by atoms with van der Waals surface area (Å²) >= 11 is 0. The van der Waals surface area contributed by atoms with Crippen LogP contribution in [0.25, 0.3) is 0 Å². The predicted octanol–water partition coefficient (Wildman–Crippen LogP) is 2.86. The number of hydrogen-bond acceptors (Lipinski definition) is 4. The van der Waals surface area contributed by atoms with Gasteiger partial charge in [-0.25, -0.2) is 0 Å². The fraction of sp³-hybridized carbons (Fsp3) is 0.385. The summed E-state index contributed by atoms with van der Waals surface area (Å²) in [6.07, 6.45) is 0.799. The Bertz CT molecular complexity index is 485. The highest BCUT2D eigenvalue weighted by Crippen LogP contribution is 2.14. The number of hydrogen-bond donors (Lipinski definition) is 1. The van der Waals surface area contributed by atoms with E-state index in [9.17, 15) is 0 Å². The van der Waals surface area contributed by atoms with E-state index in [0.717, 1.165) is 17.9 Å². The summed E-state index contributed by atoms with van der Waals surface area (Å²) in [6, 6.07) is 6.35. The summed E-state index contributed by atoms with van der Waals surface area (Å²) in [6.45, 7) is 6.74. The van der Waals surface area contributed by atoms with E-state index < -0.39 is 0 Å². The fourth-order valence-corrected chi connectivity index (χ4v) is 1.76. The van der Waals surface area contributed by atoms with Crippen molar-refractivity contribution in [3.8, 4) is 0 Å². The summed E-state index contributed by atoms with van der Waals surface area (Å²) in [4.78, 5) is 4.25. The van der Waals surface area contributed by atoms with E-state index in [1.165, 1.54) is 11.1 Å². The van der Waals surface area contributed by atoms with E-state index in [2.05, 4.69) is 47.5 Å². The molecule has 2 rings (SSSR count). The molecule has 1 heterocycles. The number of rotatable bonds is 4. The van der Waals surface area contributed by atoms with E-state index in [0.29, 0.717) is 12.4 Å². The molecule has 2 aromatic rings. The maximum absolute atomic E-state index is 5.11. The molecule has 0 aliphatic rings. The van der Waals surface area contributed by atoms with Crippen LogP contribution in [0.3, 0.4) is 0 Å². The molecule has 4 nitrogen and oxygen atoms in total. The Morgan fingerprint density at radius 2 is 1.88 bits per heavy atom. The number of benzene rings is 1. The summed E-state index contributed by atoms with van der Waals surface area (Å²) in [5.41, 5.74) is 3.57. The highest BCUT2D eigenvalue weighted by atomic mass is 16.5. The Hall–Kier alpha value is -1.84. The maximum atomic E-state index is 5.11. The monoisotopic (exact) mass is 231 g/mol. The van der Waals surface area contributed by atoms with Crippen molar-refractivity contribution in [2.45, 2.75) is 33.7 Å². The highest BCUT2D eigenvalue weighted by molar-refractivity contribution is 5.48. The SMILES string of the molecule is CCc1noc(CNc2cc(C)cc(C)c2)n1. The van der Waals surface area contributed by atoms with Gasteiger partial charge in [0.05, 0.1) is 6.54 Å². The Labute approximate surface area is 101 Å².